The Morgan fingerprint density at radius 1 is 1.20 bits per heavy atom. The SMILES string of the molecule is O=C(C1CC2C=CC1C2)N1CCCNc2ccccc21. The number of allylic oxidation sites excluding steroid dienone is 2. The van der Waals surface area contributed by atoms with Crippen LogP contribution in [0.3, 0.4) is 0 Å². The molecule has 104 valence electrons. The molecule has 3 heteroatoms. The lowest BCUT2D eigenvalue weighted by molar-refractivity contribution is -0.123. The maximum atomic E-state index is 13.0. The number of para-hydroxylation sites is 2. The van der Waals surface area contributed by atoms with Crippen molar-refractivity contribution in [2.75, 3.05) is 23.3 Å². The Kier molecular flexibility index (Phi) is 2.79. The Morgan fingerprint density at radius 2 is 2.10 bits per heavy atom. The molecular formula is C17H20N2O. The van der Waals surface area contributed by atoms with Crippen LogP contribution in [0.15, 0.2) is 36.4 Å². The summed E-state index contributed by atoms with van der Waals surface area (Å²) in [4.78, 5) is 15.0. The fraction of sp³-hybridized carbons (Fsp3) is 0.471. The number of anilines is 2. The molecule has 2 bridgehead atoms. The Balaban J connectivity index is 1.64. The molecule has 1 aromatic carbocycles. The fourth-order valence-electron chi connectivity index (χ4n) is 3.93. The molecular weight excluding hydrogens is 248 g/mol. The summed E-state index contributed by atoms with van der Waals surface area (Å²) >= 11 is 0. The van der Waals surface area contributed by atoms with Crippen molar-refractivity contribution in [3.63, 3.8) is 0 Å². The van der Waals surface area contributed by atoms with Gasteiger partial charge in [0, 0.05) is 19.0 Å². The van der Waals surface area contributed by atoms with Gasteiger partial charge in [0.25, 0.3) is 0 Å². The third-order valence-electron chi connectivity index (χ3n) is 4.93. The average molecular weight is 268 g/mol. The smallest absolute Gasteiger partial charge is 0.230 e. The van der Waals surface area contributed by atoms with Gasteiger partial charge in [0.2, 0.25) is 5.91 Å². The molecule has 3 atom stereocenters. The van der Waals surface area contributed by atoms with Gasteiger partial charge in [-0.3, -0.25) is 4.79 Å². The number of nitrogens with zero attached hydrogens (tertiary/aromatic N) is 1. The summed E-state index contributed by atoms with van der Waals surface area (Å²) in [5.41, 5.74) is 2.15. The topological polar surface area (TPSA) is 32.3 Å². The predicted octanol–water partition coefficient (Wildman–Crippen LogP) is 3.05. The van der Waals surface area contributed by atoms with Crippen LogP contribution in [0.4, 0.5) is 11.4 Å². The molecule has 3 nitrogen and oxygen atoms in total. The van der Waals surface area contributed by atoms with Gasteiger partial charge in [0.05, 0.1) is 11.4 Å². The highest BCUT2D eigenvalue weighted by Crippen LogP contribution is 2.45. The van der Waals surface area contributed by atoms with E-state index in [-0.39, 0.29) is 5.92 Å². The molecule has 0 aromatic heterocycles. The second kappa shape index (κ2) is 4.65. The van der Waals surface area contributed by atoms with Crippen LogP contribution >= 0.6 is 0 Å². The summed E-state index contributed by atoms with van der Waals surface area (Å²) < 4.78 is 0. The lowest BCUT2D eigenvalue weighted by atomic mass is 9.92. The monoisotopic (exact) mass is 268 g/mol. The van der Waals surface area contributed by atoms with Crippen molar-refractivity contribution in [2.45, 2.75) is 19.3 Å². The lowest BCUT2D eigenvalue weighted by Gasteiger charge is -2.28. The minimum atomic E-state index is 0.205. The van der Waals surface area contributed by atoms with Crippen LogP contribution < -0.4 is 10.2 Å². The van der Waals surface area contributed by atoms with E-state index in [9.17, 15) is 4.79 Å². The first-order chi connectivity index (χ1) is 9.83. The van der Waals surface area contributed by atoms with Gasteiger partial charge in [-0.1, -0.05) is 24.3 Å². The highest BCUT2D eigenvalue weighted by atomic mass is 16.2. The van der Waals surface area contributed by atoms with Crippen molar-refractivity contribution in [1.82, 2.24) is 0 Å². The van der Waals surface area contributed by atoms with Gasteiger partial charge in [0.1, 0.15) is 0 Å². The van der Waals surface area contributed by atoms with E-state index >= 15 is 0 Å². The molecule has 1 fully saturated rings. The van der Waals surface area contributed by atoms with Crippen LogP contribution in [0.1, 0.15) is 19.3 Å². The van der Waals surface area contributed by atoms with Gasteiger partial charge in [-0.05, 0) is 43.2 Å². The van der Waals surface area contributed by atoms with Gasteiger partial charge >= 0.3 is 0 Å². The van der Waals surface area contributed by atoms with E-state index in [0.29, 0.717) is 17.7 Å². The van der Waals surface area contributed by atoms with Crippen LogP contribution in [0.2, 0.25) is 0 Å². The molecule has 1 aliphatic heterocycles. The van der Waals surface area contributed by atoms with E-state index in [2.05, 4.69) is 29.6 Å². The van der Waals surface area contributed by atoms with E-state index in [1.165, 1.54) is 6.42 Å². The van der Waals surface area contributed by atoms with Gasteiger partial charge in [-0.25, -0.2) is 0 Å². The molecule has 2 aliphatic carbocycles. The normalized spacial score (nSPS) is 30.8. The van der Waals surface area contributed by atoms with Crippen molar-refractivity contribution in [1.29, 1.82) is 0 Å². The second-order valence-corrected chi connectivity index (χ2v) is 6.17. The second-order valence-electron chi connectivity index (χ2n) is 6.17. The van der Waals surface area contributed by atoms with Crippen LogP contribution in [0.5, 0.6) is 0 Å². The maximum Gasteiger partial charge on any atom is 0.230 e. The third kappa shape index (κ3) is 1.84. The van der Waals surface area contributed by atoms with Crippen molar-refractivity contribution in [2.24, 2.45) is 17.8 Å². The first kappa shape index (κ1) is 12.0. The molecule has 3 unspecified atom stereocenters. The highest BCUT2D eigenvalue weighted by molar-refractivity contribution is 5.98. The number of fused-ring (bicyclic) bond motifs is 3. The standard InChI is InChI=1S/C17H20N2O/c20-17(14-11-12-6-7-13(14)10-12)19-9-3-8-18-15-4-1-2-5-16(15)19/h1-2,4-7,12-14,18H,3,8-11H2. The minimum Gasteiger partial charge on any atom is -0.383 e. The minimum absolute atomic E-state index is 0.205. The van der Waals surface area contributed by atoms with Gasteiger partial charge in [-0.15, -0.1) is 0 Å². The Morgan fingerprint density at radius 3 is 2.90 bits per heavy atom. The lowest BCUT2D eigenvalue weighted by Crippen LogP contribution is -2.38. The number of hydrogen-bond acceptors (Lipinski definition) is 2. The Hall–Kier alpha value is -1.77. The first-order valence-corrected chi connectivity index (χ1v) is 7.65. The van der Waals surface area contributed by atoms with Crippen molar-refractivity contribution in [3.8, 4) is 0 Å². The number of carbonyl (C=O) groups excluding carboxylic acids is 1. The van der Waals surface area contributed by atoms with E-state index in [1.807, 2.05) is 17.0 Å². The van der Waals surface area contributed by atoms with E-state index < -0.39 is 0 Å². The number of amides is 1. The molecule has 20 heavy (non-hydrogen) atoms. The summed E-state index contributed by atoms with van der Waals surface area (Å²) in [5, 5.41) is 3.43. The number of rotatable bonds is 1. The molecule has 0 saturated heterocycles. The van der Waals surface area contributed by atoms with E-state index in [4.69, 9.17) is 0 Å². The molecule has 1 aromatic rings. The van der Waals surface area contributed by atoms with E-state index in [1.54, 1.807) is 0 Å². The third-order valence-corrected chi connectivity index (χ3v) is 4.93. The van der Waals surface area contributed by atoms with E-state index in [0.717, 1.165) is 37.3 Å². The van der Waals surface area contributed by atoms with Crippen molar-refractivity contribution in [3.05, 3.63) is 36.4 Å². The molecule has 3 aliphatic rings. The summed E-state index contributed by atoms with van der Waals surface area (Å²) in [5.74, 6) is 1.67. The number of carbonyl (C=O) groups is 1. The van der Waals surface area contributed by atoms with Crippen LogP contribution in [0.25, 0.3) is 0 Å². The van der Waals surface area contributed by atoms with Gasteiger partial charge in [-0.2, -0.15) is 0 Å². The fourth-order valence-corrected chi connectivity index (χ4v) is 3.93. The zero-order valence-electron chi connectivity index (χ0n) is 11.6. The first-order valence-electron chi connectivity index (χ1n) is 7.65. The summed E-state index contributed by atoms with van der Waals surface area (Å²) in [7, 11) is 0. The maximum absolute atomic E-state index is 13.0. The van der Waals surface area contributed by atoms with Gasteiger partial charge in [0.15, 0.2) is 0 Å². The zero-order chi connectivity index (χ0) is 13.5. The van der Waals surface area contributed by atoms with Crippen LogP contribution in [-0.4, -0.2) is 19.0 Å². The molecule has 1 amide bonds. The number of nitrogens with one attached hydrogen (secondary N) is 1. The largest absolute Gasteiger partial charge is 0.383 e. The molecule has 0 radical (unpaired) electrons. The molecule has 1 heterocycles. The van der Waals surface area contributed by atoms with Crippen molar-refractivity contribution >= 4 is 17.3 Å². The van der Waals surface area contributed by atoms with Gasteiger partial charge < -0.3 is 10.2 Å². The summed E-state index contributed by atoms with van der Waals surface area (Å²) in [6.45, 7) is 1.78. The van der Waals surface area contributed by atoms with Crippen LogP contribution in [-0.2, 0) is 4.79 Å². The molecule has 0 spiro atoms. The molecule has 4 rings (SSSR count). The summed E-state index contributed by atoms with van der Waals surface area (Å²) in [6.07, 6.45) is 7.80. The highest BCUT2D eigenvalue weighted by Gasteiger charge is 2.42. The average Bonchev–Trinajstić information content (AvgIpc) is 3.04. The van der Waals surface area contributed by atoms with Crippen LogP contribution in [0, 0.1) is 17.8 Å². The zero-order valence-corrected chi connectivity index (χ0v) is 11.6. The number of hydrogen-bond donors (Lipinski definition) is 1. The molecule has 1 saturated carbocycles. The predicted molar refractivity (Wildman–Crippen MR) is 80.7 cm³/mol. The molecule has 1 N–H and O–H groups in total. The van der Waals surface area contributed by atoms with Crippen molar-refractivity contribution < 1.29 is 4.79 Å². The Bertz CT molecular complexity index is 566. The Labute approximate surface area is 119 Å². The quantitative estimate of drug-likeness (QED) is 0.794. The summed E-state index contributed by atoms with van der Waals surface area (Å²) in [6, 6.07) is 8.18. The number of benzene rings is 1.